The maximum absolute atomic E-state index is 12.1. The largest absolute Gasteiger partial charge is 0.497 e. The normalized spacial score (nSPS) is 10.1. The minimum atomic E-state index is -0.290. The summed E-state index contributed by atoms with van der Waals surface area (Å²) >= 11 is 0. The maximum Gasteiger partial charge on any atom is 0.251 e. The monoisotopic (exact) mass is 356 g/mol. The smallest absolute Gasteiger partial charge is 0.251 e. The lowest BCUT2D eigenvalue weighted by atomic mass is 10.2. The molecule has 0 aromatic heterocycles. The van der Waals surface area contributed by atoms with Crippen LogP contribution in [0.4, 0.5) is 0 Å². The van der Waals surface area contributed by atoms with Crippen LogP contribution in [0.3, 0.4) is 0 Å². The summed E-state index contributed by atoms with van der Waals surface area (Å²) in [7, 11) is 3.28. The van der Waals surface area contributed by atoms with Gasteiger partial charge in [-0.2, -0.15) is 0 Å². The molecule has 0 atom stereocenters. The molecule has 0 aliphatic rings. The Balaban J connectivity index is 1.66. The Labute approximate surface area is 153 Å². The van der Waals surface area contributed by atoms with Gasteiger partial charge in [-0.25, -0.2) is 0 Å². The molecule has 2 amide bonds. The van der Waals surface area contributed by atoms with Crippen molar-refractivity contribution in [2.75, 3.05) is 33.9 Å². The van der Waals surface area contributed by atoms with Crippen molar-refractivity contribution in [1.29, 1.82) is 0 Å². The number of para-hydroxylation sites is 1. The van der Waals surface area contributed by atoms with Gasteiger partial charge in [-0.1, -0.05) is 18.2 Å². The van der Waals surface area contributed by atoms with Crippen LogP contribution in [0.15, 0.2) is 54.6 Å². The molecule has 0 bridgehead atoms. The zero-order valence-corrected chi connectivity index (χ0v) is 15.1. The first-order valence-corrected chi connectivity index (χ1v) is 8.44. The summed E-state index contributed by atoms with van der Waals surface area (Å²) in [5.74, 6) is 1.05. The highest BCUT2D eigenvalue weighted by Gasteiger charge is 2.11. The van der Waals surface area contributed by atoms with Crippen molar-refractivity contribution in [3.8, 4) is 11.5 Å². The molecule has 0 aliphatic heterocycles. The van der Waals surface area contributed by atoms with E-state index < -0.39 is 0 Å². The Bertz CT molecular complexity index is 702. The molecule has 0 radical (unpaired) electrons. The fourth-order valence-corrected chi connectivity index (χ4v) is 2.27. The quantitative estimate of drug-likeness (QED) is 0.701. The summed E-state index contributed by atoms with van der Waals surface area (Å²) in [5.41, 5.74) is 0.484. The number of likely N-dealkylation sites (N-methyl/N-ethyl adjacent to an activating group) is 1. The van der Waals surface area contributed by atoms with Crippen LogP contribution in [-0.2, 0) is 4.79 Å². The third kappa shape index (κ3) is 6.12. The Kier molecular flexibility index (Phi) is 7.49. The molecule has 26 heavy (non-hydrogen) atoms. The first-order valence-electron chi connectivity index (χ1n) is 8.44. The summed E-state index contributed by atoms with van der Waals surface area (Å²) < 4.78 is 10.6. The van der Waals surface area contributed by atoms with Gasteiger partial charge in [0.1, 0.15) is 11.5 Å². The fourth-order valence-electron chi connectivity index (χ4n) is 2.27. The highest BCUT2D eigenvalue weighted by atomic mass is 16.5. The molecule has 6 heteroatoms. The zero-order valence-electron chi connectivity index (χ0n) is 15.1. The van der Waals surface area contributed by atoms with Gasteiger partial charge in [0.15, 0.2) is 0 Å². The van der Waals surface area contributed by atoms with Gasteiger partial charge < -0.3 is 19.7 Å². The van der Waals surface area contributed by atoms with Gasteiger partial charge in [0, 0.05) is 19.2 Å². The summed E-state index contributed by atoms with van der Waals surface area (Å²) in [6.07, 6.45) is 0.712. The lowest BCUT2D eigenvalue weighted by Gasteiger charge is -2.17. The number of nitrogens with zero attached hydrogens (tertiary/aromatic N) is 1. The van der Waals surface area contributed by atoms with Gasteiger partial charge in [-0.3, -0.25) is 9.59 Å². The summed E-state index contributed by atoms with van der Waals surface area (Å²) in [5, 5.41) is 2.63. The minimum absolute atomic E-state index is 0.0408. The molecule has 2 aromatic rings. The second kappa shape index (κ2) is 10.1. The van der Waals surface area contributed by atoms with Crippen molar-refractivity contribution in [2.45, 2.75) is 6.42 Å². The summed E-state index contributed by atoms with van der Waals surface area (Å²) in [6, 6.07) is 16.3. The summed E-state index contributed by atoms with van der Waals surface area (Å²) in [4.78, 5) is 25.7. The predicted molar refractivity (Wildman–Crippen MR) is 99.5 cm³/mol. The van der Waals surface area contributed by atoms with Crippen LogP contribution in [0.2, 0.25) is 0 Å². The van der Waals surface area contributed by atoms with Gasteiger partial charge in [-0.05, 0) is 42.8 Å². The third-order valence-corrected chi connectivity index (χ3v) is 3.83. The Morgan fingerprint density at radius 1 is 1.00 bits per heavy atom. The summed E-state index contributed by atoms with van der Waals surface area (Å²) in [6.45, 7) is 1.05. The van der Waals surface area contributed by atoms with E-state index in [2.05, 4.69) is 5.32 Å². The van der Waals surface area contributed by atoms with Crippen LogP contribution in [-0.4, -0.2) is 50.6 Å². The van der Waals surface area contributed by atoms with Crippen LogP contribution in [0.25, 0.3) is 0 Å². The van der Waals surface area contributed by atoms with Crippen LogP contribution in [0.1, 0.15) is 16.8 Å². The zero-order chi connectivity index (χ0) is 18.8. The molecule has 0 saturated heterocycles. The topological polar surface area (TPSA) is 67.9 Å². The number of ether oxygens (including phenoxy) is 2. The standard InChI is InChI=1S/C20H24N2O4/c1-22(13-6-14-26-18-7-4-3-5-8-18)19(23)15-21-20(24)16-9-11-17(25-2)12-10-16/h3-5,7-12H,6,13-15H2,1-2H3,(H,21,24). The van der Waals surface area contributed by atoms with Crippen LogP contribution in [0.5, 0.6) is 11.5 Å². The number of carbonyl (C=O) groups excluding carboxylic acids is 2. The molecule has 0 spiro atoms. The van der Waals surface area contributed by atoms with Crippen molar-refractivity contribution in [3.63, 3.8) is 0 Å². The van der Waals surface area contributed by atoms with Crippen LogP contribution < -0.4 is 14.8 Å². The average Bonchev–Trinajstić information content (AvgIpc) is 2.69. The van der Waals surface area contributed by atoms with Gasteiger partial charge in [-0.15, -0.1) is 0 Å². The average molecular weight is 356 g/mol. The molecule has 0 heterocycles. The van der Waals surface area contributed by atoms with Crippen LogP contribution in [0, 0.1) is 0 Å². The van der Waals surface area contributed by atoms with Crippen molar-refractivity contribution in [1.82, 2.24) is 10.2 Å². The first kappa shape index (κ1) is 19.3. The van der Waals surface area contributed by atoms with Crippen molar-refractivity contribution >= 4 is 11.8 Å². The molecule has 138 valence electrons. The maximum atomic E-state index is 12.1. The van der Waals surface area contributed by atoms with E-state index in [1.165, 1.54) is 0 Å². The van der Waals surface area contributed by atoms with Gasteiger partial charge in [0.25, 0.3) is 5.91 Å². The number of amides is 2. The predicted octanol–water partition coefficient (Wildman–Crippen LogP) is 2.35. The SMILES string of the molecule is COc1ccc(C(=O)NCC(=O)N(C)CCCOc2ccccc2)cc1. The van der Waals surface area contributed by atoms with E-state index in [0.717, 1.165) is 5.75 Å². The molecule has 2 rings (SSSR count). The van der Waals surface area contributed by atoms with E-state index in [0.29, 0.717) is 30.9 Å². The van der Waals surface area contributed by atoms with Gasteiger partial charge in [0.05, 0.1) is 20.3 Å². The molecule has 0 aliphatic carbocycles. The number of hydrogen-bond acceptors (Lipinski definition) is 4. The first-order chi connectivity index (χ1) is 12.6. The van der Waals surface area contributed by atoms with Gasteiger partial charge in [0.2, 0.25) is 5.91 Å². The number of nitrogens with one attached hydrogen (secondary N) is 1. The highest BCUT2D eigenvalue weighted by Crippen LogP contribution is 2.11. The molecule has 1 N–H and O–H groups in total. The molecule has 2 aromatic carbocycles. The van der Waals surface area contributed by atoms with Gasteiger partial charge >= 0.3 is 0 Å². The number of hydrogen-bond donors (Lipinski definition) is 1. The Morgan fingerprint density at radius 2 is 1.69 bits per heavy atom. The van der Waals surface area contributed by atoms with E-state index in [1.54, 1.807) is 43.3 Å². The molecule has 0 unspecified atom stereocenters. The lowest BCUT2D eigenvalue weighted by molar-refractivity contribution is -0.128. The fraction of sp³-hybridized carbons (Fsp3) is 0.300. The van der Waals surface area contributed by atoms with E-state index in [4.69, 9.17) is 9.47 Å². The molecular weight excluding hydrogens is 332 g/mol. The molecule has 6 nitrogen and oxygen atoms in total. The van der Waals surface area contributed by atoms with Crippen molar-refractivity contribution in [3.05, 3.63) is 60.2 Å². The molecule has 0 saturated carbocycles. The number of methoxy groups -OCH3 is 1. The number of carbonyl (C=O) groups is 2. The number of benzene rings is 2. The molecule has 0 fully saturated rings. The van der Waals surface area contributed by atoms with E-state index in [-0.39, 0.29) is 18.4 Å². The van der Waals surface area contributed by atoms with E-state index in [1.807, 2.05) is 30.3 Å². The molecular formula is C20H24N2O4. The Hall–Kier alpha value is -3.02. The third-order valence-electron chi connectivity index (χ3n) is 3.83. The van der Waals surface area contributed by atoms with Crippen molar-refractivity contribution in [2.24, 2.45) is 0 Å². The van der Waals surface area contributed by atoms with E-state index in [9.17, 15) is 9.59 Å². The Morgan fingerprint density at radius 3 is 2.35 bits per heavy atom. The number of rotatable bonds is 9. The minimum Gasteiger partial charge on any atom is -0.497 e. The van der Waals surface area contributed by atoms with E-state index >= 15 is 0 Å². The highest BCUT2D eigenvalue weighted by molar-refractivity contribution is 5.96. The lowest BCUT2D eigenvalue weighted by Crippen LogP contribution is -2.38. The second-order valence-electron chi connectivity index (χ2n) is 5.74. The van der Waals surface area contributed by atoms with Crippen molar-refractivity contribution < 1.29 is 19.1 Å². The second-order valence-corrected chi connectivity index (χ2v) is 5.74. The van der Waals surface area contributed by atoms with Crippen LogP contribution >= 0.6 is 0 Å².